The first kappa shape index (κ1) is 19.0. The minimum atomic E-state index is -0.283. The molecule has 1 amide bonds. The van der Waals surface area contributed by atoms with Gasteiger partial charge in [0.15, 0.2) is 5.16 Å². The molecule has 3 aromatic rings. The molecule has 1 heterocycles. The van der Waals surface area contributed by atoms with Crippen molar-refractivity contribution in [1.82, 2.24) is 15.4 Å². The molecule has 0 aliphatic heterocycles. The second-order valence-corrected chi connectivity index (χ2v) is 7.68. The summed E-state index contributed by atoms with van der Waals surface area (Å²) in [6.07, 6.45) is 1.58. The van der Waals surface area contributed by atoms with Crippen LogP contribution >= 0.6 is 11.8 Å². The van der Waals surface area contributed by atoms with Crippen LogP contribution in [0.5, 0.6) is 5.75 Å². The van der Waals surface area contributed by atoms with E-state index in [1.807, 2.05) is 37.3 Å². The lowest BCUT2D eigenvalue weighted by molar-refractivity contribution is 0.0955. The Balaban J connectivity index is 1.70. The zero-order valence-corrected chi connectivity index (χ0v) is 16.3. The standard InChI is InChI=1S/C20H22N4O2S/c1-4-26-18-8-6-5-7-15(18)12-21-24-19(25)14-9-10-16-17(11-14)23-20(22-16)27-13(2)3/h5-13H,4H2,1-3H3,(H,22,23)(H,24,25)/b21-12-. The summed E-state index contributed by atoms with van der Waals surface area (Å²) in [5, 5.41) is 5.33. The van der Waals surface area contributed by atoms with Gasteiger partial charge in [0.05, 0.1) is 23.9 Å². The Bertz CT molecular complexity index is 966. The van der Waals surface area contributed by atoms with Gasteiger partial charge in [0.2, 0.25) is 0 Å². The number of benzene rings is 2. The number of thioether (sulfide) groups is 1. The summed E-state index contributed by atoms with van der Waals surface area (Å²) in [5.74, 6) is 0.446. The number of rotatable bonds is 7. The molecule has 140 valence electrons. The van der Waals surface area contributed by atoms with Gasteiger partial charge in [0.1, 0.15) is 5.75 Å². The van der Waals surface area contributed by atoms with Crippen molar-refractivity contribution in [2.75, 3.05) is 6.61 Å². The fourth-order valence-corrected chi connectivity index (χ4v) is 3.27. The molecule has 6 nitrogen and oxygen atoms in total. The van der Waals surface area contributed by atoms with Gasteiger partial charge in [-0.2, -0.15) is 5.10 Å². The van der Waals surface area contributed by atoms with Crippen molar-refractivity contribution in [1.29, 1.82) is 0 Å². The molecule has 0 fully saturated rings. The molecule has 7 heteroatoms. The minimum absolute atomic E-state index is 0.283. The van der Waals surface area contributed by atoms with E-state index in [9.17, 15) is 4.79 Å². The fraction of sp³-hybridized carbons (Fsp3) is 0.250. The van der Waals surface area contributed by atoms with Crippen molar-refractivity contribution in [3.05, 3.63) is 53.6 Å². The smallest absolute Gasteiger partial charge is 0.271 e. The molecule has 0 saturated heterocycles. The average molecular weight is 382 g/mol. The van der Waals surface area contributed by atoms with Crippen molar-refractivity contribution in [3.63, 3.8) is 0 Å². The minimum Gasteiger partial charge on any atom is -0.493 e. The second kappa shape index (κ2) is 8.73. The number of hydrogen-bond acceptors (Lipinski definition) is 5. The topological polar surface area (TPSA) is 79.4 Å². The lowest BCUT2D eigenvalue weighted by Crippen LogP contribution is -2.17. The summed E-state index contributed by atoms with van der Waals surface area (Å²) in [6, 6.07) is 12.9. The highest BCUT2D eigenvalue weighted by atomic mass is 32.2. The molecule has 0 aliphatic carbocycles. The Morgan fingerprint density at radius 2 is 2.15 bits per heavy atom. The molecule has 1 aromatic heterocycles. The van der Waals surface area contributed by atoms with Gasteiger partial charge in [-0.05, 0) is 37.3 Å². The van der Waals surface area contributed by atoms with Gasteiger partial charge in [-0.1, -0.05) is 37.7 Å². The van der Waals surface area contributed by atoms with Gasteiger partial charge < -0.3 is 9.72 Å². The first-order valence-corrected chi connectivity index (χ1v) is 9.66. The molecule has 27 heavy (non-hydrogen) atoms. The number of amides is 1. The maximum absolute atomic E-state index is 12.4. The molecule has 3 rings (SSSR count). The highest BCUT2D eigenvalue weighted by Gasteiger charge is 2.10. The number of para-hydroxylation sites is 1. The molecule has 2 aromatic carbocycles. The number of ether oxygens (including phenoxy) is 1. The zero-order valence-electron chi connectivity index (χ0n) is 15.5. The van der Waals surface area contributed by atoms with Crippen LogP contribution in [0.1, 0.15) is 36.7 Å². The van der Waals surface area contributed by atoms with E-state index in [0.29, 0.717) is 17.4 Å². The van der Waals surface area contributed by atoms with E-state index >= 15 is 0 Å². The van der Waals surface area contributed by atoms with Crippen molar-refractivity contribution < 1.29 is 9.53 Å². The molecule has 2 N–H and O–H groups in total. The van der Waals surface area contributed by atoms with Crippen LogP contribution < -0.4 is 10.2 Å². The van der Waals surface area contributed by atoms with Gasteiger partial charge in [0.25, 0.3) is 5.91 Å². The molecule has 0 atom stereocenters. The van der Waals surface area contributed by atoms with E-state index in [1.165, 1.54) is 0 Å². The second-order valence-electron chi connectivity index (χ2n) is 6.11. The maximum atomic E-state index is 12.4. The third-order valence-electron chi connectivity index (χ3n) is 3.66. The Morgan fingerprint density at radius 1 is 1.33 bits per heavy atom. The van der Waals surface area contributed by atoms with E-state index in [0.717, 1.165) is 27.5 Å². The van der Waals surface area contributed by atoms with Gasteiger partial charge in [0, 0.05) is 16.4 Å². The van der Waals surface area contributed by atoms with Crippen LogP contribution in [0.2, 0.25) is 0 Å². The number of imidazole rings is 1. The number of hydrazone groups is 1. The first-order chi connectivity index (χ1) is 13.1. The van der Waals surface area contributed by atoms with Crippen molar-refractivity contribution in [2.45, 2.75) is 31.2 Å². The van der Waals surface area contributed by atoms with Gasteiger partial charge >= 0.3 is 0 Å². The Labute approximate surface area is 162 Å². The highest BCUT2D eigenvalue weighted by molar-refractivity contribution is 7.99. The molecule has 0 aliphatic rings. The van der Waals surface area contributed by atoms with Crippen LogP contribution in [0.3, 0.4) is 0 Å². The third-order valence-corrected chi connectivity index (χ3v) is 4.55. The monoisotopic (exact) mass is 382 g/mol. The third kappa shape index (κ3) is 4.89. The van der Waals surface area contributed by atoms with Crippen LogP contribution in [0.15, 0.2) is 52.7 Å². The molecule has 0 bridgehead atoms. The van der Waals surface area contributed by atoms with Crippen LogP contribution in [0, 0.1) is 0 Å². The normalized spacial score (nSPS) is 11.4. The average Bonchev–Trinajstić information content (AvgIpc) is 3.03. The summed E-state index contributed by atoms with van der Waals surface area (Å²) < 4.78 is 5.54. The number of nitrogens with one attached hydrogen (secondary N) is 2. The molecular formula is C20H22N4O2S. The zero-order chi connectivity index (χ0) is 19.2. The van der Waals surface area contributed by atoms with Crippen LogP contribution in [0.25, 0.3) is 11.0 Å². The largest absolute Gasteiger partial charge is 0.493 e. The summed E-state index contributed by atoms with van der Waals surface area (Å²) >= 11 is 1.65. The van der Waals surface area contributed by atoms with E-state index < -0.39 is 0 Å². The quantitative estimate of drug-likeness (QED) is 0.364. The summed E-state index contributed by atoms with van der Waals surface area (Å²) in [6.45, 7) is 6.71. The predicted octanol–water partition coefficient (Wildman–Crippen LogP) is 4.23. The van der Waals surface area contributed by atoms with Crippen molar-refractivity contribution in [3.8, 4) is 5.75 Å². The number of fused-ring (bicyclic) bond motifs is 1. The lowest BCUT2D eigenvalue weighted by Gasteiger charge is -2.05. The number of nitrogens with zero attached hydrogens (tertiary/aromatic N) is 2. The van der Waals surface area contributed by atoms with Gasteiger partial charge in [-0.15, -0.1) is 0 Å². The molecule has 0 spiro atoms. The number of aromatic nitrogens is 2. The first-order valence-electron chi connectivity index (χ1n) is 8.78. The molecule has 0 unspecified atom stereocenters. The Morgan fingerprint density at radius 3 is 2.93 bits per heavy atom. The summed E-state index contributed by atoms with van der Waals surface area (Å²) in [5.41, 5.74) is 5.54. The molecule has 0 radical (unpaired) electrons. The number of aromatic amines is 1. The summed E-state index contributed by atoms with van der Waals surface area (Å²) in [7, 11) is 0. The van der Waals surface area contributed by atoms with Crippen molar-refractivity contribution >= 4 is 34.9 Å². The van der Waals surface area contributed by atoms with E-state index in [4.69, 9.17) is 4.74 Å². The number of hydrogen-bond donors (Lipinski definition) is 2. The van der Waals surface area contributed by atoms with Gasteiger partial charge in [-0.3, -0.25) is 4.79 Å². The lowest BCUT2D eigenvalue weighted by atomic mass is 10.2. The predicted molar refractivity (Wildman–Crippen MR) is 110 cm³/mol. The van der Waals surface area contributed by atoms with Crippen LogP contribution in [-0.2, 0) is 0 Å². The molecular weight excluding hydrogens is 360 g/mol. The fourth-order valence-electron chi connectivity index (χ4n) is 2.51. The maximum Gasteiger partial charge on any atom is 0.271 e. The molecule has 0 saturated carbocycles. The highest BCUT2D eigenvalue weighted by Crippen LogP contribution is 2.23. The Kier molecular flexibility index (Phi) is 6.13. The van der Waals surface area contributed by atoms with E-state index in [1.54, 1.807) is 30.1 Å². The number of H-pyrrole nitrogens is 1. The summed E-state index contributed by atoms with van der Waals surface area (Å²) in [4.78, 5) is 20.1. The SMILES string of the molecule is CCOc1ccccc1/C=N\NC(=O)c1ccc2nc(SC(C)C)[nH]c2c1. The van der Waals surface area contributed by atoms with Gasteiger partial charge in [-0.25, -0.2) is 10.4 Å². The van der Waals surface area contributed by atoms with Crippen molar-refractivity contribution in [2.24, 2.45) is 5.10 Å². The van der Waals surface area contributed by atoms with E-state index in [-0.39, 0.29) is 5.91 Å². The number of carbonyl (C=O) groups excluding carboxylic acids is 1. The van der Waals surface area contributed by atoms with E-state index in [2.05, 4.69) is 34.3 Å². The van der Waals surface area contributed by atoms with Crippen LogP contribution in [-0.4, -0.2) is 33.9 Å². The Hall–Kier alpha value is -2.80. The number of carbonyl (C=O) groups is 1. The van der Waals surface area contributed by atoms with Crippen LogP contribution in [0.4, 0.5) is 0 Å².